The van der Waals surface area contributed by atoms with Crippen LogP contribution in [0.4, 0.5) is 5.69 Å². The minimum absolute atomic E-state index is 0.0373. The van der Waals surface area contributed by atoms with Gasteiger partial charge in [0.15, 0.2) is 0 Å². The van der Waals surface area contributed by atoms with Gasteiger partial charge in [0.1, 0.15) is 0 Å². The van der Waals surface area contributed by atoms with Gasteiger partial charge in [0.05, 0.1) is 30.6 Å². The van der Waals surface area contributed by atoms with E-state index in [0.29, 0.717) is 0 Å². The molecule has 1 saturated carbocycles. The van der Waals surface area contributed by atoms with E-state index in [4.69, 9.17) is 4.74 Å². The van der Waals surface area contributed by atoms with Crippen LogP contribution in [0.2, 0.25) is 0 Å². The van der Waals surface area contributed by atoms with Crippen LogP contribution >= 0.6 is 0 Å². The molecule has 0 bridgehead atoms. The van der Waals surface area contributed by atoms with E-state index < -0.39 is 0 Å². The Labute approximate surface area is 115 Å². The third kappa shape index (κ3) is 2.90. The highest BCUT2D eigenvalue weighted by atomic mass is 16.5. The van der Waals surface area contributed by atoms with E-state index in [1.165, 1.54) is 24.1 Å². The molecule has 1 N–H and O–H groups in total. The second kappa shape index (κ2) is 5.10. The van der Waals surface area contributed by atoms with Gasteiger partial charge in [-0.1, -0.05) is 0 Å². The predicted molar refractivity (Wildman–Crippen MR) is 76.3 cm³/mol. The van der Waals surface area contributed by atoms with E-state index in [1.54, 1.807) is 0 Å². The Bertz CT molecular complexity index is 443. The first-order valence-electron chi connectivity index (χ1n) is 7.18. The number of ether oxygens (including phenoxy) is 1. The first-order valence-corrected chi connectivity index (χ1v) is 7.18. The van der Waals surface area contributed by atoms with Crippen LogP contribution < -0.4 is 10.2 Å². The SMILES string of the molecule is CC1(C)COCCN1c1cnccc1CNC1CC1. The summed E-state index contributed by atoms with van der Waals surface area (Å²) in [6.45, 7) is 7.92. The number of nitrogens with zero attached hydrogens (tertiary/aromatic N) is 2. The molecule has 4 heteroatoms. The fraction of sp³-hybridized carbons (Fsp3) is 0.667. The molecule has 1 aromatic heterocycles. The van der Waals surface area contributed by atoms with Gasteiger partial charge in [-0.2, -0.15) is 0 Å². The van der Waals surface area contributed by atoms with Crippen molar-refractivity contribution >= 4 is 5.69 Å². The topological polar surface area (TPSA) is 37.4 Å². The molecule has 2 heterocycles. The molecule has 4 nitrogen and oxygen atoms in total. The van der Waals surface area contributed by atoms with Crippen molar-refractivity contribution < 1.29 is 4.74 Å². The first kappa shape index (κ1) is 12.9. The Kier molecular flexibility index (Phi) is 3.46. The van der Waals surface area contributed by atoms with Crippen LogP contribution in [0.25, 0.3) is 0 Å². The molecule has 0 atom stereocenters. The van der Waals surface area contributed by atoms with Crippen molar-refractivity contribution in [3.05, 3.63) is 24.0 Å². The summed E-state index contributed by atoms with van der Waals surface area (Å²) < 4.78 is 5.61. The van der Waals surface area contributed by atoms with E-state index in [2.05, 4.69) is 35.1 Å². The summed E-state index contributed by atoms with van der Waals surface area (Å²) in [5.74, 6) is 0. The Balaban J connectivity index is 1.81. The number of anilines is 1. The van der Waals surface area contributed by atoms with E-state index in [0.717, 1.165) is 32.3 Å². The average Bonchev–Trinajstić information content (AvgIpc) is 3.20. The first-order chi connectivity index (χ1) is 9.17. The lowest BCUT2D eigenvalue weighted by Gasteiger charge is -2.44. The van der Waals surface area contributed by atoms with Gasteiger partial charge in [-0.3, -0.25) is 4.98 Å². The van der Waals surface area contributed by atoms with Gasteiger partial charge in [0.2, 0.25) is 0 Å². The van der Waals surface area contributed by atoms with Crippen molar-refractivity contribution in [1.82, 2.24) is 10.3 Å². The van der Waals surface area contributed by atoms with Crippen LogP contribution in [-0.4, -0.2) is 36.3 Å². The maximum atomic E-state index is 5.61. The van der Waals surface area contributed by atoms with Crippen LogP contribution in [0.3, 0.4) is 0 Å². The fourth-order valence-corrected chi connectivity index (χ4v) is 2.65. The number of nitrogens with one attached hydrogen (secondary N) is 1. The van der Waals surface area contributed by atoms with Crippen LogP contribution in [0, 0.1) is 0 Å². The fourth-order valence-electron chi connectivity index (χ4n) is 2.65. The van der Waals surface area contributed by atoms with Crippen molar-refractivity contribution in [1.29, 1.82) is 0 Å². The van der Waals surface area contributed by atoms with E-state index in [-0.39, 0.29) is 5.54 Å². The van der Waals surface area contributed by atoms with E-state index >= 15 is 0 Å². The highest BCUT2D eigenvalue weighted by Gasteiger charge is 2.32. The zero-order valence-electron chi connectivity index (χ0n) is 11.9. The number of pyridine rings is 1. The van der Waals surface area contributed by atoms with Crippen LogP contribution in [-0.2, 0) is 11.3 Å². The lowest BCUT2D eigenvalue weighted by Crippen LogP contribution is -2.53. The molecular weight excluding hydrogens is 238 g/mol. The normalized spacial score (nSPS) is 22.5. The number of rotatable bonds is 4. The monoisotopic (exact) mass is 261 g/mol. The van der Waals surface area contributed by atoms with Crippen LogP contribution in [0.5, 0.6) is 0 Å². The van der Waals surface area contributed by atoms with Crippen LogP contribution in [0.1, 0.15) is 32.3 Å². The summed E-state index contributed by atoms with van der Waals surface area (Å²) in [6.07, 6.45) is 6.53. The lowest BCUT2D eigenvalue weighted by atomic mass is 10.0. The maximum absolute atomic E-state index is 5.61. The van der Waals surface area contributed by atoms with Gasteiger partial charge < -0.3 is 15.0 Å². The average molecular weight is 261 g/mol. The van der Waals surface area contributed by atoms with Crippen molar-refractivity contribution in [2.24, 2.45) is 0 Å². The van der Waals surface area contributed by atoms with E-state index in [9.17, 15) is 0 Å². The van der Waals surface area contributed by atoms with Crippen molar-refractivity contribution in [3.8, 4) is 0 Å². The summed E-state index contributed by atoms with van der Waals surface area (Å²) in [5, 5.41) is 3.59. The van der Waals surface area contributed by atoms with Crippen molar-refractivity contribution in [2.45, 2.75) is 44.8 Å². The molecule has 19 heavy (non-hydrogen) atoms. The lowest BCUT2D eigenvalue weighted by molar-refractivity contribution is 0.0642. The molecule has 1 aromatic rings. The standard InChI is InChI=1S/C15H23N3O/c1-15(2)11-19-8-7-18(15)14-10-16-6-5-12(14)9-17-13-3-4-13/h5-6,10,13,17H,3-4,7-9,11H2,1-2H3. The third-order valence-electron chi connectivity index (χ3n) is 3.98. The summed E-state index contributed by atoms with van der Waals surface area (Å²) in [7, 11) is 0. The summed E-state index contributed by atoms with van der Waals surface area (Å²) in [6, 6.07) is 2.87. The maximum Gasteiger partial charge on any atom is 0.0694 e. The molecule has 0 spiro atoms. The van der Waals surface area contributed by atoms with Gasteiger partial charge in [-0.05, 0) is 38.3 Å². The molecule has 104 valence electrons. The minimum Gasteiger partial charge on any atom is -0.377 e. The summed E-state index contributed by atoms with van der Waals surface area (Å²) in [4.78, 5) is 6.76. The second-order valence-corrected chi connectivity index (χ2v) is 6.18. The minimum atomic E-state index is 0.0373. The third-order valence-corrected chi connectivity index (χ3v) is 3.98. The number of morpholine rings is 1. The molecule has 1 aliphatic carbocycles. The molecule has 0 aromatic carbocycles. The largest absolute Gasteiger partial charge is 0.377 e. The van der Waals surface area contributed by atoms with Gasteiger partial charge in [0, 0.05) is 25.3 Å². The van der Waals surface area contributed by atoms with Gasteiger partial charge in [-0.15, -0.1) is 0 Å². The second-order valence-electron chi connectivity index (χ2n) is 6.18. The molecule has 2 aliphatic rings. The molecule has 0 unspecified atom stereocenters. The predicted octanol–water partition coefficient (Wildman–Crippen LogP) is 1.95. The van der Waals surface area contributed by atoms with Gasteiger partial charge >= 0.3 is 0 Å². The molecule has 0 radical (unpaired) electrons. The number of hydrogen-bond acceptors (Lipinski definition) is 4. The van der Waals surface area contributed by atoms with Crippen molar-refractivity contribution in [2.75, 3.05) is 24.7 Å². The quantitative estimate of drug-likeness (QED) is 0.899. The van der Waals surface area contributed by atoms with Gasteiger partial charge in [0.25, 0.3) is 0 Å². The molecule has 0 amide bonds. The smallest absolute Gasteiger partial charge is 0.0694 e. The van der Waals surface area contributed by atoms with Gasteiger partial charge in [-0.25, -0.2) is 0 Å². The number of aromatic nitrogens is 1. The Hall–Kier alpha value is -1.13. The zero-order valence-corrected chi connectivity index (χ0v) is 11.9. The molecule has 2 fully saturated rings. The molecular formula is C15H23N3O. The highest BCUT2D eigenvalue weighted by molar-refractivity contribution is 5.54. The summed E-state index contributed by atoms with van der Waals surface area (Å²) >= 11 is 0. The molecule has 1 saturated heterocycles. The Morgan fingerprint density at radius 3 is 3.05 bits per heavy atom. The zero-order chi connectivity index (χ0) is 13.3. The van der Waals surface area contributed by atoms with Crippen molar-refractivity contribution in [3.63, 3.8) is 0 Å². The number of hydrogen-bond donors (Lipinski definition) is 1. The highest BCUT2D eigenvalue weighted by Crippen LogP contribution is 2.30. The van der Waals surface area contributed by atoms with E-state index in [1.807, 2.05) is 12.4 Å². The molecule has 1 aliphatic heterocycles. The van der Waals surface area contributed by atoms with Crippen LogP contribution in [0.15, 0.2) is 18.5 Å². The Morgan fingerprint density at radius 2 is 2.32 bits per heavy atom. The molecule has 3 rings (SSSR count). The summed E-state index contributed by atoms with van der Waals surface area (Å²) in [5.41, 5.74) is 2.64. The Morgan fingerprint density at radius 1 is 1.47 bits per heavy atom.